The predicted octanol–water partition coefficient (Wildman–Crippen LogP) is -1.21. The molecule has 2 heterocycles. The fourth-order valence-electron chi connectivity index (χ4n) is 2.71. The molecule has 0 fully saturated rings. The van der Waals surface area contributed by atoms with Gasteiger partial charge in [-0.2, -0.15) is 0 Å². The van der Waals surface area contributed by atoms with Gasteiger partial charge in [0.1, 0.15) is 0 Å². The molecule has 2 aliphatic carbocycles. The number of nitrogens with zero attached hydrogens (tertiary/aromatic N) is 2. The van der Waals surface area contributed by atoms with Crippen molar-refractivity contribution in [2.24, 2.45) is 0 Å². The Labute approximate surface area is 235 Å². The van der Waals surface area contributed by atoms with Gasteiger partial charge in [0.05, 0.1) is 0 Å². The van der Waals surface area contributed by atoms with Crippen molar-refractivity contribution in [2.45, 2.75) is 0 Å². The van der Waals surface area contributed by atoms with E-state index in [1.54, 1.807) is 60.7 Å². The molecule has 0 saturated heterocycles. The standard InChI is InChI=1S/2C13H11N3O2.ClH.Mn/c2*17-12-4-2-1-3-11(12)9-15-16-13(18)10-5-7-14-8-6-10;;/h2*1-9,15H,(H,16,18);1H;/q;;;+2/p-1/b2*11-9-;;. The van der Waals surface area contributed by atoms with Gasteiger partial charge in [0, 0.05) is 59.5 Å². The number of pyridine rings is 2. The third-order valence-corrected chi connectivity index (χ3v) is 4.55. The van der Waals surface area contributed by atoms with Gasteiger partial charge in [-0.3, -0.25) is 40.0 Å². The molecule has 4 N–H and O–H groups in total. The maximum Gasteiger partial charge on any atom is 2.00 e. The molecule has 0 atom stereocenters. The second-order valence-corrected chi connectivity index (χ2v) is 7.03. The molecule has 0 bridgehead atoms. The molecule has 0 aromatic carbocycles. The van der Waals surface area contributed by atoms with Gasteiger partial charge in [-0.25, -0.2) is 0 Å². The number of rotatable bonds is 6. The Morgan fingerprint density at radius 3 is 1.29 bits per heavy atom. The fraction of sp³-hybridized carbons (Fsp3) is 0. The minimum absolute atomic E-state index is 0. The average molecular weight is 573 g/mol. The van der Waals surface area contributed by atoms with Crippen LogP contribution in [-0.4, -0.2) is 33.3 Å². The zero-order valence-corrected chi connectivity index (χ0v) is 21.6. The first-order valence-electron chi connectivity index (χ1n) is 10.6. The molecule has 2 amide bonds. The van der Waals surface area contributed by atoms with Crippen molar-refractivity contribution in [2.75, 3.05) is 0 Å². The molecule has 4 rings (SSSR count). The Hall–Kier alpha value is -4.57. The molecule has 0 aliphatic heterocycles. The topological polar surface area (TPSA) is 142 Å². The van der Waals surface area contributed by atoms with E-state index in [9.17, 15) is 19.2 Å². The van der Waals surface area contributed by atoms with Crippen LogP contribution in [0.3, 0.4) is 0 Å². The predicted molar refractivity (Wildman–Crippen MR) is 132 cm³/mol. The SMILES string of the molecule is O=C1C=CC=C/C1=C/NNC(=O)c1ccncc1.O=C1C=CC=C/C1=C/NNC(=O)c1ccncc1.[Cl-].[Mn+2]. The smallest absolute Gasteiger partial charge is 1.00 e. The summed E-state index contributed by atoms with van der Waals surface area (Å²) in [6.07, 6.45) is 22.1. The summed E-state index contributed by atoms with van der Waals surface area (Å²) >= 11 is 0. The Morgan fingerprint density at radius 2 is 0.947 bits per heavy atom. The van der Waals surface area contributed by atoms with Gasteiger partial charge in [-0.1, -0.05) is 24.3 Å². The van der Waals surface area contributed by atoms with E-state index >= 15 is 0 Å². The number of carbonyl (C=O) groups is 4. The summed E-state index contributed by atoms with van der Waals surface area (Å²) in [7, 11) is 0. The van der Waals surface area contributed by atoms with Gasteiger partial charge >= 0.3 is 17.1 Å². The molecule has 193 valence electrons. The van der Waals surface area contributed by atoms with E-state index in [2.05, 4.69) is 31.7 Å². The maximum absolute atomic E-state index is 11.6. The Balaban J connectivity index is 0.000000361. The quantitative estimate of drug-likeness (QED) is 0.192. The first kappa shape index (κ1) is 31.5. The second-order valence-electron chi connectivity index (χ2n) is 7.03. The molecule has 0 unspecified atom stereocenters. The zero-order valence-electron chi connectivity index (χ0n) is 19.7. The van der Waals surface area contributed by atoms with Crippen LogP contribution in [0.4, 0.5) is 0 Å². The Kier molecular flexibility index (Phi) is 14.1. The number of carbonyl (C=O) groups excluding carboxylic acids is 4. The number of hydrogen-bond acceptors (Lipinski definition) is 8. The first-order valence-corrected chi connectivity index (χ1v) is 10.6. The van der Waals surface area contributed by atoms with Crippen molar-refractivity contribution in [1.82, 2.24) is 31.7 Å². The van der Waals surface area contributed by atoms with Gasteiger partial charge in [-0.15, -0.1) is 0 Å². The minimum Gasteiger partial charge on any atom is -1.00 e. The van der Waals surface area contributed by atoms with E-state index in [1.165, 1.54) is 49.3 Å². The van der Waals surface area contributed by atoms with Crippen LogP contribution in [0.25, 0.3) is 0 Å². The summed E-state index contributed by atoms with van der Waals surface area (Å²) in [4.78, 5) is 53.6. The minimum atomic E-state index is -0.294. The van der Waals surface area contributed by atoms with Gasteiger partial charge < -0.3 is 23.3 Å². The number of aromatic nitrogens is 2. The molecule has 38 heavy (non-hydrogen) atoms. The van der Waals surface area contributed by atoms with Crippen LogP contribution in [0.5, 0.6) is 0 Å². The van der Waals surface area contributed by atoms with E-state index in [4.69, 9.17) is 0 Å². The monoisotopic (exact) mass is 572 g/mol. The van der Waals surface area contributed by atoms with Crippen LogP contribution in [0.15, 0.2) is 121 Å². The van der Waals surface area contributed by atoms with Crippen LogP contribution in [0.1, 0.15) is 20.7 Å². The number of halogens is 1. The van der Waals surface area contributed by atoms with Crippen molar-refractivity contribution < 1.29 is 48.7 Å². The van der Waals surface area contributed by atoms with Gasteiger partial charge in [0.15, 0.2) is 11.6 Å². The molecule has 10 nitrogen and oxygen atoms in total. The van der Waals surface area contributed by atoms with Crippen molar-refractivity contribution in [3.63, 3.8) is 0 Å². The average Bonchev–Trinajstić information content (AvgIpc) is 2.92. The number of hydrogen-bond donors (Lipinski definition) is 4. The van der Waals surface area contributed by atoms with E-state index in [1.807, 2.05) is 0 Å². The van der Waals surface area contributed by atoms with Crippen LogP contribution in [0.2, 0.25) is 0 Å². The molecule has 2 aliphatic rings. The summed E-state index contributed by atoms with van der Waals surface area (Å²) in [5.41, 5.74) is 12.1. The molecule has 12 heteroatoms. The summed E-state index contributed by atoms with van der Waals surface area (Å²) in [6.45, 7) is 0. The van der Waals surface area contributed by atoms with E-state index in [0.29, 0.717) is 22.3 Å². The third-order valence-electron chi connectivity index (χ3n) is 4.55. The molecule has 0 spiro atoms. The fourth-order valence-corrected chi connectivity index (χ4v) is 2.71. The zero-order chi connectivity index (χ0) is 25.6. The van der Waals surface area contributed by atoms with Crippen LogP contribution >= 0.6 is 0 Å². The van der Waals surface area contributed by atoms with Gasteiger partial charge in [0.2, 0.25) is 0 Å². The van der Waals surface area contributed by atoms with Crippen molar-refractivity contribution in [3.05, 3.63) is 132 Å². The van der Waals surface area contributed by atoms with Crippen molar-refractivity contribution >= 4 is 23.4 Å². The summed E-state index contributed by atoms with van der Waals surface area (Å²) in [5.74, 6) is -0.805. The molecule has 0 saturated carbocycles. The Morgan fingerprint density at radius 1 is 0.605 bits per heavy atom. The van der Waals surface area contributed by atoms with E-state index in [0.717, 1.165) is 0 Å². The summed E-state index contributed by atoms with van der Waals surface area (Å²) in [5, 5.41) is 0. The van der Waals surface area contributed by atoms with Crippen LogP contribution < -0.4 is 34.1 Å². The normalized spacial score (nSPS) is 14.9. The van der Waals surface area contributed by atoms with Gasteiger partial charge in [0.25, 0.3) is 11.8 Å². The number of nitrogens with one attached hydrogen (secondary N) is 4. The van der Waals surface area contributed by atoms with Crippen LogP contribution in [0, 0.1) is 0 Å². The van der Waals surface area contributed by atoms with Crippen molar-refractivity contribution in [3.8, 4) is 0 Å². The molecule has 2 aromatic rings. The van der Waals surface area contributed by atoms with Crippen LogP contribution in [-0.2, 0) is 26.7 Å². The summed E-state index contributed by atoms with van der Waals surface area (Å²) < 4.78 is 0. The van der Waals surface area contributed by atoms with Crippen molar-refractivity contribution in [1.29, 1.82) is 0 Å². The third kappa shape index (κ3) is 10.2. The summed E-state index contributed by atoms with van der Waals surface area (Å²) in [6, 6.07) is 6.38. The molecule has 1 radical (unpaired) electrons. The maximum atomic E-state index is 11.6. The number of amides is 2. The van der Waals surface area contributed by atoms with Gasteiger partial charge in [-0.05, 0) is 48.6 Å². The largest absolute Gasteiger partial charge is 2.00 e. The molecular formula is C26H22ClMnN6O4+. The van der Waals surface area contributed by atoms with E-state index < -0.39 is 0 Å². The number of allylic oxidation sites excluding steroid dienone is 10. The number of ketones is 2. The molecular weight excluding hydrogens is 551 g/mol. The first-order chi connectivity index (χ1) is 17.5. The van der Waals surface area contributed by atoms with E-state index in [-0.39, 0.29) is 52.9 Å². The number of hydrazine groups is 2. The second kappa shape index (κ2) is 17.0. The Bertz CT molecular complexity index is 1200. The molecule has 2 aromatic heterocycles.